The smallest absolute Gasteiger partial charge is 0.362 e. The van der Waals surface area contributed by atoms with Gasteiger partial charge in [0.05, 0.1) is 21.1 Å². The number of aliphatic hydroxyl groups is 1. The van der Waals surface area contributed by atoms with Crippen molar-refractivity contribution in [3.8, 4) is 0 Å². The molecule has 0 aromatic heterocycles. The van der Waals surface area contributed by atoms with E-state index in [-0.39, 0.29) is 6.04 Å². The molecule has 0 aliphatic rings. The molecule has 0 saturated heterocycles. The van der Waals surface area contributed by atoms with Gasteiger partial charge in [-0.25, -0.2) is 4.79 Å². The Kier molecular flexibility index (Phi) is 13.4. The zero-order valence-corrected chi connectivity index (χ0v) is 15.7. The molecule has 0 aromatic carbocycles. The topological polar surface area (TPSA) is 57.5 Å². The lowest BCUT2D eigenvalue weighted by molar-refractivity contribution is -0.887. The van der Waals surface area contributed by atoms with Gasteiger partial charge in [0.2, 0.25) is 0 Å². The van der Waals surface area contributed by atoms with Crippen LogP contribution in [-0.4, -0.2) is 54.5 Å². The number of rotatable bonds is 16. The van der Waals surface area contributed by atoms with Crippen LogP contribution >= 0.6 is 0 Å². The zero-order chi connectivity index (χ0) is 17.6. The SMILES string of the molecule is C[N+](C)(C)C(CCCCCCCCCCCCCCO)C(=O)O. The Morgan fingerprint density at radius 2 is 1.09 bits per heavy atom. The Morgan fingerprint density at radius 1 is 0.739 bits per heavy atom. The number of likely N-dealkylation sites (N-methyl/N-ethyl adjacent to an activating group) is 1. The van der Waals surface area contributed by atoms with Gasteiger partial charge < -0.3 is 14.7 Å². The summed E-state index contributed by atoms with van der Waals surface area (Å²) in [5.74, 6) is -0.670. The van der Waals surface area contributed by atoms with E-state index in [2.05, 4.69) is 0 Å². The summed E-state index contributed by atoms with van der Waals surface area (Å²) in [5, 5.41) is 18.0. The molecule has 0 spiro atoms. The monoisotopic (exact) mass is 330 g/mol. The van der Waals surface area contributed by atoms with Crippen LogP contribution in [0.15, 0.2) is 0 Å². The minimum atomic E-state index is -0.670. The van der Waals surface area contributed by atoms with Crippen LogP contribution in [0.2, 0.25) is 0 Å². The molecule has 23 heavy (non-hydrogen) atoms. The van der Waals surface area contributed by atoms with Crippen LogP contribution in [0.5, 0.6) is 0 Å². The lowest BCUT2D eigenvalue weighted by Crippen LogP contribution is -2.49. The number of carboxylic acids is 1. The lowest BCUT2D eigenvalue weighted by atomic mass is 10.0. The van der Waals surface area contributed by atoms with Crippen LogP contribution in [0, 0.1) is 0 Å². The number of aliphatic hydroxyl groups excluding tert-OH is 1. The Hall–Kier alpha value is -0.610. The van der Waals surface area contributed by atoms with Crippen LogP contribution < -0.4 is 0 Å². The van der Waals surface area contributed by atoms with Gasteiger partial charge in [-0.1, -0.05) is 64.2 Å². The van der Waals surface area contributed by atoms with Crippen LogP contribution in [-0.2, 0) is 4.79 Å². The van der Waals surface area contributed by atoms with E-state index in [0.29, 0.717) is 11.1 Å². The van der Waals surface area contributed by atoms with Gasteiger partial charge in [-0.2, -0.15) is 0 Å². The molecular formula is C19H40NO3+. The second-order valence-electron chi connectivity index (χ2n) is 7.73. The average molecular weight is 331 g/mol. The summed E-state index contributed by atoms with van der Waals surface area (Å²) < 4.78 is 0.508. The number of nitrogens with zero attached hydrogens (tertiary/aromatic N) is 1. The van der Waals surface area contributed by atoms with Crippen molar-refractivity contribution in [3.63, 3.8) is 0 Å². The van der Waals surface area contributed by atoms with Crippen molar-refractivity contribution in [3.05, 3.63) is 0 Å². The van der Waals surface area contributed by atoms with Crippen molar-refractivity contribution in [2.45, 2.75) is 89.5 Å². The van der Waals surface area contributed by atoms with E-state index in [4.69, 9.17) is 5.11 Å². The first kappa shape index (κ1) is 22.4. The van der Waals surface area contributed by atoms with Gasteiger partial charge in [0.25, 0.3) is 0 Å². The standard InChI is InChI=1S/C19H39NO3/c1-20(2,3)18(19(22)23)16-14-12-10-8-6-4-5-7-9-11-13-15-17-21/h18,21H,4-17H2,1-3H3/p+1. The van der Waals surface area contributed by atoms with Gasteiger partial charge in [0.15, 0.2) is 6.04 Å². The molecule has 4 heteroatoms. The molecule has 0 amide bonds. The lowest BCUT2D eigenvalue weighted by Gasteiger charge is -2.31. The number of hydrogen-bond donors (Lipinski definition) is 2. The summed E-state index contributed by atoms with van der Waals surface area (Å²) in [5.41, 5.74) is 0. The highest BCUT2D eigenvalue weighted by molar-refractivity contribution is 5.72. The number of carboxylic acid groups (broad SMARTS) is 1. The fourth-order valence-electron chi connectivity index (χ4n) is 3.06. The second-order valence-corrected chi connectivity index (χ2v) is 7.73. The Balaban J connectivity index is 3.38. The van der Waals surface area contributed by atoms with Crippen LogP contribution in [0.4, 0.5) is 0 Å². The highest BCUT2D eigenvalue weighted by Crippen LogP contribution is 2.15. The highest BCUT2D eigenvalue weighted by atomic mass is 16.4. The van der Waals surface area contributed by atoms with Gasteiger partial charge in [0.1, 0.15) is 0 Å². The van der Waals surface area contributed by atoms with Gasteiger partial charge in [-0.15, -0.1) is 0 Å². The number of unbranched alkanes of at least 4 members (excludes halogenated alkanes) is 11. The molecule has 0 aliphatic carbocycles. The fraction of sp³-hybridized carbons (Fsp3) is 0.947. The zero-order valence-electron chi connectivity index (χ0n) is 15.7. The average Bonchev–Trinajstić information content (AvgIpc) is 2.46. The number of hydrogen-bond acceptors (Lipinski definition) is 2. The van der Waals surface area contributed by atoms with E-state index in [1.54, 1.807) is 0 Å². The fourth-order valence-corrected chi connectivity index (χ4v) is 3.06. The highest BCUT2D eigenvalue weighted by Gasteiger charge is 2.30. The molecule has 0 fully saturated rings. The number of quaternary nitrogens is 1. The summed E-state index contributed by atoms with van der Waals surface area (Å²) in [4.78, 5) is 11.3. The third kappa shape index (κ3) is 13.5. The van der Waals surface area contributed by atoms with E-state index in [1.165, 1.54) is 57.8 Å². The molecule has 138 valence electrons. The second kappa shape index (κ2) is 13.8. The maximum atomic E-state index is 11.3. The largest absolute Gasteiger partial charge is 0.477 e. The first-order valence-corrected chi connectivity index (χ1v) is 9.54. The maximum Gasteiger partial charge on any atom is 0.362 e. The third-order valence-electron chi connectivity index (χ3n) is 4.61. The molecule has 0 rings (SSSR count). The molecule has 0 bridgehead atoms. The summed E-state index contributed by atoms with van der Waals surface area (Å²) in [6.45, 7) is 0.335. The number of carbonyl (C=O) groups is 1. The van der Waals surface area contributed by atoms with Gasteiger partial charge in [-0.05, 0) is 12.8 Å². The Labute approximate surface area is 143 Å². The molecule has 0 saturated carbocycles. The molecule has 1 atom stereocenters. The molecule has 1 unspecified atom stereocenters. The number of aliphatic carboxylic acids is 1. The van der Waals surface area contributed by atoms with Crippen LogP contribution in [0.25, 0.3) is 0 Å². The Morgan fingerprint density at radius 3 is 1.39 bits per heavy atom. The van der Waals surface area contributed by atoms with E-state index in [0.717, 1.165) is 25.7 Å². The van der Waals surface area contributed by atoms with Gasteiger partial charge in [0, 0.05) is 13.0 Å². The van der Waals surface area contributed by atoms with E-state index in [9.17, 15) is 9.90 Å². The first-order valence-electron chi connectivity index (χ1n) is 9.54. The Bertz CT molecular complexity index is 287. The maximum absolute atomic E-state index is 11.3. The van der Waals surface area contributed by atoms with E-state index < -0.39 is 5.97 Å². The van der Waals surface area contributed by atoms with Gasteiger partial charge >= 0.3 is 5.97 Å². The summed E-state index contributed by atoms with van der Waals surface area (Å²) >= 11 is 0. The minimum absolute atomic E-state index is 0.277. The first-order chi connectivity index (χ1) is 10.9. The van der Waals surface area contributed by atoms with Crippen molar-refractivity contribution in [1.29, 1.82) is 0 Å². The molecular weight excluding hydrogens is 290 g/mol. The third-order valence-corrected chi connectivity index (χ3v) is 4.61. The summed E-state index contributed by atoms with van der Waals surface area (Å²) in [7, 11) is 5.88. The normalized spacial score (nSPS) is 13.2. The van der Waals surface area contributed by atoms with Crippen molar-refractivity contribution in [2.75, 3.05) is 27.7 Å². The summed E-state index contributed by atoms with van der Waals surface area (Å²) in [6.07, 6.45) is 15.5. The minimum Gasteiger partial charge on any atom is -0.477 e. The van der Waals surface area contributed by atoms with E-state index >= 15 is 0 Å². The molecule has 0 heterocycles. The summed E-state index contributed by atoms with van der Waals surface area (Å²) in [6, 6.07) is -0.277. The van der Waals surface area contributed by atoms with Crippen molar-refractivity contribution in [2.24, 2.45) is 0 Å². The molecule has 2 N–H and O–H groups in total. The molecule has 0 aliphatic heterocycles. The predicted octanol–water partition coefficient (Wildman–Crippen LogP) is 4.21. The van der Waals surface area contributed by atoms with E-state index in [1.807, 2.05) is 21.1 Å². The van der Waals surface area contributed by atoms with Crippen molar-refractivity contribution >= 4 is 5.97 Å². The van der Waals surface area contributed by atoms with Crippen LogP contribution in [0.3, 0.4) is 0 Å². The predicted molar refractivity (Wildman–Crippen MR) is 96.6 cm³/mol. The van der Waals surface area contributed by atoms with Crippen molar-refractivity contribution < 1.29 is 19.5 Å². The quantitative estimate of drug-likeness (QED) is 0.329. The van der Waals surface area contributed by atoms with Crippen LogP contribution in [0.1, 0.15) is 83.5 Å². The van der Waals surface area contributed by atoms with Gasteiger partial charge in [-0.3, -0.25) is 0 Å². The molecule has 0 aromatic rings. The molecule has 0 radical (unpaired) electrons. The molecule has 4 nitrogen and oxygen atoms in total. The van der Waals surface area contributed by atoms with Crippen molar-refractivity contribution in [1.82, 2.24) is 0 Å².